The zero-order chi connectivity index (χ0) is 19.2. The lowest BCUT2D eigenvalue weighted by atomic mass is 9.98. The van der Waals surface area contributed by atoms with Crippen LogP contribution in [0.15, 0.2) is 24.3 Å². The minimum absolute atomic E-state index is 0.139. The molecule has 2 rings (SSSR count). The quantitative estimate of drug-likeness (QED) is 0.567. The summed E-state index contributed by atoms with van der Waals surface area (Å²) in [5.74, 6) is -0.798. The third kappa shape index (κ3) is 5.52. The second-order valence-corrected chi connectivity index (χ2v) is 7.13. The maximum atomic E-state index is 12.1. The predicted octanol–water partition coefficient (Wildman–Crippen LogP) is 1.71. The van der Waals surface area contributed by atoms with E-state index in [0.717, 1.165) is 13.1 Å². The van der Waals surface area contributed by atoms with E-state index < -0.39 is 10.8 Å². The lowest BCUT2D eigenvalue weighted by molar-refractivity contribution is -0.384. The Morgan fingerprint density at radius 1 is 1.19 bits per heavy atom. The molecule has 1 aliphatic heterocycles. The fraction of sp³-hybridized carbons (Fsp3) is 0.556. The zero-order valence-electron chi connectivity index (χ0n) is 15.3. The van der Waals surface area contributed by atoms with Crippen LogP contribution in [0.1, 0.15) is 43.5 Å². The molecule has 1 fully saturated rings. The van der Waals surface area contributed by atoms with Gasteiger partial charge < -0.3 is 10.6 Å². The second-order valence-electron chi connectivity index (χ2n) is 7.13. The van der Waals surface area contributed by atoms with Crippen molar-refractivity contribution in [2.24, 2.45) is 0 Å². The van der Waals surface area contributed by atoms with Crippen molar-refractivity contribution in [3.05, 3.63) is 39.9 Å². The van der Waals surface area contributed by atoms with E-state index in [2.05, 4.69) is 29.4 Å². The highest BCUT2D eigenvalue weighted by Crippen LogP contribution is 2.19. The summed E-state index contributed by atoms with van der Waals surface area (Å²) in [6, 6.07) is 5.41. The molecule has 0 atom stereocenters. The lowest BCUT2D eigenvalue weighted by Gasteiger charge is -2.41. The maximum absolute atomic E-state index is 12.1. The number of nitro groups is 1. The number of benzene rings is 1. The Morgan fingerprint density at radius 2 is 1.88 bits per heavy atom. The smallest absolute Gasteiger partial charge is 0.270 e. The Morgan fingerprint density at radius 3 is 2.54 bits per heavy atom. The average Bonchev–Trinajstić information content (AvgIpc) is 2.65. The summed E-state index contributed by atoms with van der Waals surface area (Å²) in [7, 11) is 0. The number of nitrogens with zero attached hydrogens (tertiary/aromatic N) is 2. The van der Waals surface area contributed by atoms with Gasteiger partial charge in [0.25, 0.3) is 11.6 Å². The van der Waals surface area contributed by atoms with E-state index in [0.29, 0.717) is 6.54 Å². The van der Waals surface area contributed by atoms with Crippen molar-refractivity contribution in [3.8, 4) is 0 Å². The first-order valence-electron chi connectivity index (χ1n) is 8.84. The molecule has 1 aromatic rings. The molecule has 26 heavy (non-hydrogen) atoms. The minimum Gasteiger partial charge on any atom is -0.353 e. The Labute approximate surface area is 153 Å². The van der Waals surface area contributed by atoms with Gasteiger partial charge in [0.15, 0.2) is 0 Å². The number of carbonyl (C=O) groups excluding carboxylic acids is 2. The zero-order valence-corrected chi connectivity index (χ0v) is 15.3. The largest absolute Gasteiger partial charge is 0.353 e. The van der Waals surface area contributed by atoms with Gasteiger partial charge in [-0.15, -0.1) is 0 Å². The number of hydrogen-bond acceptors (Lipinski definition) is 5. The number of hydrogen-bond donors (Lipinski definition) is 2. The topological polar surface area (TPSA) is 105 Å². The molecule has 2 N–H and O–H groups in total. The van der Waals surface area contributed by atoms with Crippen molar-refractivity contribution in [2.75, 3.05) is 26.2 Å². The standard InChI is InChI=1S/C18H26N4O4/c1-18(2,21-9-4-3-5-10-21)13-20-16(23)12-19-17(24)14-7-6-8-15(11-14)22(25)26/h6-8,11H,3-5,9-10,12-13H2,1-2H3,(H,19,24)(H,20,23). The molecule has 0 bridgehead atoms. The van der Waals surface area contributed by atoms with Crippen LogP contribution in [0.4, 0.5) is 5.69 Å². The number of amides is 2. The van der Waals surface area contributed by atoms with Gasteiger partial charge >= 0.3 is 0 Å². The summed E-state index contributed by atoms with van der Waals surface area (Å²) in [6.45, 7) is 6.59. The van der Waals surface area contributed by atoms with Crippen molar-refractivity contribution in [1.29, 1.82) is 0 Å². The van der Waals surface area contributed by atoms with Crippen LogP contribution < -0.4 is 10.6 Å². The fourth-order valence-corrected chi connectivity index (χ4v) is 3.01. The molecule has 0 spiro atoms. The monoisotopic (exact) mass is 362 g/mol. The highest BCUT2D eigenvalue weighted by molar-refractivity contribution is 5.96. The Hall–Kier alpha value is -2.48. The number of nitro benzene ring substituents is 1. The molecule has 1 saturated heterocycles. The van der Waals surface area contributed by atoms with Crippen LogP contribution in [-0.4, -0.2) is 53.4 Å². The van der Waals surface area contributed by atoms with E-state index >= 15 is 0 Å². The first-order chi connectivity index (χ1) is 12.3. The maximum Gasteiger partial charge on any atom is 0.270 e. The molecule has 0 saturated carbocycles. The second kappa shape index (κ2) is 8.75. The van der Waals surface area contributed by atoms with E-state index in [1.54, 1.807) is 0 Å². The van der Waals surface area contributed by atoms with Crippen LogP contribution in [0.5, 0.6) is 0 Å². The number of likely N-dealkylation sites (tertiary alicyclic amines) is 1. The van der Waals surface area contributed by atoms with Gasteiger partial charge in [-0.05, 0) is 45.8 Å². The molecule has 1 aliphatic rings. The van der Waals surface area contributed by atoms with Crippen molar-refractivity contribution in [1.82, 2.24) is 15.5 Å². The summed E-state index contributed by atoms with van der Waals surface area (Å²) < 4.78 is 0. The third-order valence-corrected chi connectivity index (χ3v) is 4.66. The van der Waals surface area contributed by atoms with Crippen LogP contribution in [0.25, 0.3) is 0 Å². The number of carbonyl (C=O) groups is 2. The molecule has 142 valence electrons. The number of rotatable bonds is 7. The van der Waals surface area contributed by atoms with Gasteiger partial charge in [-0.1, -0.05) is 12.5 Å². The molecular formula is C18H26N4O4. The van der Waals surface area contributed by atoms with Crippen molar-refractivity contribution in [2.45, 2.75) is 38.6 Å². The van der Waals surface area contributed by atoms with Crippen molar-refractivity contribution < 1.29 is 14.5 Å². The number of piperidine rings is 1. The number of nitrogens with one attached hydrogen (secondary N) is 2. The van der Waals surface area contributed by atoms with Gasteiger partial charge in [0.05, 0.1) is 11.5 Å². The van der Waals surface area contributed by atoms with Crippen LogP contribution in [0, 0.1) is 10.1 Å². The summed E-state index contributed by atoms with van der Waals surface area (Å²) >= 11 is 0. The van der Waals surface area contributed by atoms with Gasteiger partial charge in [-0.3, -0.25) is 24.6 Å². The van der Waals surface area contributed by atoms with Crippen LogP contribution in [0.3, 0.4) is 0 Å². The molecule has 1 aromatic carbocycles. The lowest BCUT2D eigenvalue weighted by Crippen LogP contribution is -2.54. The summed E-state index contributed by atoms with van der Waals surface area (Å²) in [5, 5.41) is 16.1. The summed E-state index contributed by atoms with van der Waals surface area (Å²) in [4.78, 5) is 36.6. The molecule has 1 heterocycles. The van der Waals surface area contributed by atoms with Crippen LogP contribution in [-0.2, 0) is 4.79 Å². The van der Waals surface area contributed by atoms with Crippen molar-refractivity contribution >= 4 is 17.5 Å². The number of non-ortho nitro benzene ring substituents is 1. The molecule has 8 nitrogen and oxygen atoms in total. The minimum atomic E-state index is -0.563. The van der Waals surface area contributed by atoms with E-state index in [1.165, 1.54) is 43.5 Å². The molecule has 2 amide bonds. The highest BCUT2D eigenvalue weighted by Gasteiger charge is 2.28. The van der Waals surface area contributed by atoms with Gasteiger partial charge in [-0.25, -0.2) is 0 Å². The molecule has 0 aliphatic carbocycles. The van der Waals surface area contributed by atoms with Crippen molar-refractivity contribution in [3.63, 3.8) is 0 Å². The van der Waals surface area contributed by atoms with E-state index in [4.69, 9.17) is 0 Å². The average molecular weight is 362 g/mol. The predicted molar refractivity (Wildman–Crippen MR) is 97.9 cm³/mol. The van der Waals surface area contributed by atoms with Gasteiger partial charge in [0.1, 0.15) is 0 Å². The van der Waals surface area contributed by atoms with Gasteiger partial charge in [-0.2, -0.15) is 0 Å². The molecule has 8 heteroatoms. The highest BCUT2D eigenvalue weighted by atomic mass is 16.6. The first-order valence-corrected chi connectivity index (χ1v) is 8.84. The van der Waals surface area contributed by atoms with Crippen LogP contribution >= 0.6 is 0 Å². The van der Waals surface area contributed by atoms with Gasteiger partial charge in [0, 0.05) is 29.8 Å². The Bertz CT molecular complexity index is 669. The fourth-order valence-electron chi connectivity index (χ4n) is 3.01. The SMILES string of the molecule is CC(C)(CNC(=O)CNC(=O)c1cccc([N+](=O)[O-])c1)N1CCCCC1. The van der Waals surface area contributed by atoms with Gasteiger partial charge in [0.2, 0.25) is 5.91 Å². The molecule has 0 unspecified atom stereocenters. The van der Waals surface area contributed by atoms with Crippen LogP contribution in [0.2, 0.25) is 0 Å². The Kier molecular flexibility index (Phi) is 6.68. The molecule has 0 aromatic heterocycles. The first kappa shape index (κ1) is 19.8. The normalized spacial score (nSPS) is 15.3. The Balaban J connectivity index is 1.80. The van der Waals surface area contributed by atoms with E-state index in [1.807, 2.05) is 0 Å². The van der Waals surface area contributed by atoms with E-state index in [-0.39, 0.29) is 29.2 Å². The summed E-state index contributed by atoms with van der Waals surface area (Å²) in [6.07, 6.45) is 3.61. The molecular weight excluding hydrogens is 336 g/mol. The molecule has 0 radical (unpaired) electrons. The van der Waals surface area contributed by atoms with E-state index in [9.17, 15) is 19.7 Å². The summed E-state index contributed by atoms with van der Waals surface area (Å²) in [5.41, 5.74) is -0.147. The third-order valence-electron chi connectivity index (χ3n) is 4.66.